The zero-order chi connectivity index (χ0) is 13.1. The molecule has 0 saturated carbocycles. The lowest BCUT2D eigenvalue weighted by molar-refractivity contribution is 0.750. The summed E-state index contributed by atoms with van der Waals surface area (Å²) in [6, 6.07) is 0. The molecule has 2 rings (SSSR count). The van der Waals surface area contributed by atoms with Crippen molar-refractivity contribution in [2.24, 2.45) is 7.05 Å². The van der Waals surface area contributed by atoms with E-state index in [9.17, 15) is 0 Å². The van der Waals surface area contributed by atoms with E-state index in [1.807, 2.05) is 36.7 Å². The number of nitrogens with zero attached hydrogens (tertiary/aromatic N) is 5. The topological polar surface area (TPSA) is 46.8 Å². The van der Waals surface area contributed by atoms with Gasteiger partial charge in [0.2, 0.25) is 0 Å². The van der Waals surface area contributed by atoms with E-state index < -0.39 is 0 Å². The molecule has 6 heteroatoms. The molecule has 0 N–H and O–H groups in total. The largest absolute Gasteiger partial charge is 0.352 e. The van der Waals surface area contributed by atoms with Gasteiger partial charge in [0.25, 0.3) is 0 Å². The number of aryl methyl sites for hydroxylation is 1. The summed E-state index contributed by atoms with van der Waals surface area (Å²) < 4.78 is 1.99. The second-order valence-corrected chi connectivity index (χ2v) is 4.49. The smallest absolute Gasteiger partial charge is 0.137 e. The zero-order valence-electron chi connectivity index (χ0n) is 10.8. The van der Waals surface area contributed by atoms with Gasteiger partial charge in [-0.1, -0.05) is 18.5 Å². The maximum atomic E-state index is 6.09. The Labute approximate surface area is 111 Å². The molecule has 18 heavy (non-hydrogen) atoms. The Morgan fingerprint density at radius 3 is 2.72 bits per heavy atom. The molecular formula is C12H16ClN5. The van der Waals surface area contributed by atoms with Gasteiger partial charge in [-0.05, 0) is 6.42 Å². The van der Waals surface area contributed by atoms with Gasteiger partial charge in [0.05, 0.1) is 6.54 Å². The third-order valence-corrected chi connectivity index (χ3v) is 3.21. The molecule has 5 nitrogen and oxygen atoms in total. The van der Waals surface area contributed by atoms with Crippen molar-refractivity contribution < 1.29 is 0 Å². The number of halogens is 1. The molecule has 0 fully saturated rings. The molecule has 0 radical (unpaired) electrons. The molecule has 0 aromatic carbocycles. The number of anilines is 1. The van der Waals surface area contributed by atoms with Crippen LogP contribution in [-0.2, 0) is 20.0 Å². The maximum absolute atomic E-state index is 6.09. The summed E-state index contributed by atoms with van der Waals surface area (Å²) in [4.78, 5) is 14.7. The third-order valence-electron chi connectivity index (χ3n) is 2.88. The molecule has 0 aliphatic heterocycles. The highest BCUT2D eigenvalue weighted by Crippen LogP contribution is 2.23. The monoisotopic (exact) mass is 265 g/mol. The Morgan fingerprint density at radius 1 is 1.33 bits per heavy atom. The van der Waals surface area contributed by atoms with Gasteiger partial charge in [0.1, 0.15) is 23.1 Å². The van der Waals surface area contributed by atoms with E-state index in [0.29, 0.717) is 11.7 Å². The van der Waals surface area contributed by atoms with Gasteiger partial charge in [-0.15, -0.1) is 0 Å². The molecule has 0 amide bonds. The van der Waals surface area contributed by atoms with Crippen molar-refractivity contribution in [3.8, 4) is 0 Å². The molecule has 0 unspecified atom stereocenters. The number of hydrogen-bond donors (Lipinski definition) is 0. The molecule has 0 bridgehead atoms. The van der Waals surface area contributed by atoms with Gasteiger partial charge in [-0.2, -0.15) is 0 Å². The van der Waals surface area contributed by atoms with Gasteiger partial charge in [-0.25, -0.2) is 15.0 Å². The van der Waals surface area contributed by atoms with Gasteiger partial charge in [-0.3, -0.25) is 0 Å². The minimum atomic E-state index is 0.522. The molecule has 0 saturated heterocycles. The van der Waals surface area contributed by atoms with E-state index in [0.717, 1.165) is 23.6 Å². The first-order chi connectivity index (χ1) is 8.63. The summed E-state index contributed by atoms with van der Waals surface area (Å²) in [7, 11) is 3.95. The van der Waals surface area contributed by atoms with E-state index >= 15 is 0 Å². The van der Waals surface area contributed by atoms with Crippen LogP contribution in [0, 0.1) is 0 Å². The molecule has 0 aliphatic carbocycles. The highest BCUT2D eigenvalue weighted by molar-refractivity contribution is 6.30. The second-order valence-electron chi connectivity index (χ2n) is 4.13. The summed E-state index contributed by atoms with van der Waals surface area (Å²) >= 11 is 6.09. The summed E-state index contributed by atoms with van der Waals surface area (Å²) in [5.41, 5.74) is 0.968. The van der Waals surface area contributed by atoms with Crippen molar-refractivity contribution in [2.75, 3.05) is 11.9 Å². The standard InChI is InChI=1S/C12H16ClN5/c1-4-9-11(13)15-8-16-12(9)18(3)7-10-14-5-6-17(10)2/h5-6,8H,4,7H2,1-3H3. The maximum Gasteiger partial charge on any atom is 0.137 e. The van der Waals surface area contributed by atoms with Crippen LogP contribution in [0.15, 0.2) is 18.7 Å². The fraction of sp³-hybridized carbons (Fsp3) is 0.417. The first-order valence-corrected chi connectivity index (χ1v) is 6.18. The van der Waals surface area contributed by atoms with Crippen molar-refractivity contribution in [1.29, 1.82) is 0 Å². The van der Waals surface area contributed by atoms with E-state index in [4.69, 9.17) is 11.6 Å². The van der Waals surface area contributed by atoms with Crippen LogP contribution < -0.4 is 4.90 Å². The van der Waals surface area contributed by atoms with E-state index in [-0.39, 0.29) is 0 Å². The quantitative estimate of drug-likeness (QED) is 0.794. The van der Waals surface area contributed by atoms with Crippen molar-refractivity contribution in [3.63, 3.8) is 0 Å². The zero-order valence-corrected chi connectivity index (χ0v) is 11.5. The predicted octanol–water partition coefficient (Wildman–Crippen LogP) is 2.06. The van der Waals surface area contributed by atoms with Gasteiger partial charge >= 0.3 is 0 Å². The fourth-order valence-corrected chi connectivity index (χ4v) is 2.11. The molecule has 96 valence electrons. The number of rotatable bonds is 4. The molecule has 0 atom stereocenters. The van der Waals surface area contributed by atoms with Gasteiger partial charge < -0.3 is 9.47 Å². The van der Waals surface area contributed by atoms with E-state index in [2.05, 4.69) is 15.0 Å². The third kappa shape index (κ3) is 2.46. The lowest BCUT2D eigenvalue weighted by Gasteiger charge is -2.20. The van der Waals surface area contributed by atoms with Gasteiger partial charge in [0, 0.05) is 32.1 Å². The van der Waals surface area contributed by atoms with Crippen molar-refractivity contribution in [2.45, 2.75) is 19.9 Å². The molecule has 2 aromatic rings. The van der Waals surface area contributed by atoms with E-state index in [1.54, 1.807) is 6.20 Å². The molecule has 2 heterocycles. The molecular weight excluding hydrogens is 250 g/mol. The highest BCUT2D eigenvalue weighted by Gasteiger charge is 2.13. The second kappa shape index (κ2) is 5.35. The normalized spacial score (nSPS) is 10.7. The molecule has 2 aromatic heterocycles. The SMILES string of the molecule is CCc1c(Cl)ncnc1N(C)Cc1nccn1C. The lowest BCUT2D eigenvalue weighted by Crippen LogP contribution is -2.21. The number of hydrogen-bond acceptors (Lipinski definition) is 4. The minimum absolute atomic E-state index is 0.522. The highest BCUT2D eigenvalue weighted by atomic mass is 35.5. The molecule has 0 aliphatic rings. The fourth-order valence-electron chi connectivity index (χ4n) is 1.85. The van der Waals surface area contributed by atoms with Crippen LogP contribution in [0.25, 0.3) is 0 Å². The summed E-state index contributed by atoms with van der Waals surface area (Å²) in [6.07, 6.45) is 6.01. The average Bonchev–Trinajstić information content (AvgIpc) is 2.74. The predicted molar refractivity (Wildman–Crippen MR) is 71.7 cm³/mol. The Hall–Kier alpha value is -1.62. The first kappa shape index (κ1) is 12.8. The lowest BCUT2D eigenvalue weighted by atomic mass is 10.2. The van der Waals surface area contributed by atoms with Crippen LogP contribution in [0.5, 0.6) is 0 Å². The Kier molecular flexibility index (Phi) is 3.81. The van der Waals surface area contributed by atoms with Crippen LogP contribution in [0.1, 0.15) is 18.3 Å². The van der Waals surface area contributed by atoms with Crippen LogP contribution in [0.3, 0.4) is 0 Å². The van der Waals surface area contributed by atoms with Crippen molar-refractivity contribution >= 4 is 17.4 Å². The summed E-state index contributed by atoms with van der Waals surface area (Å²) in [5.74, 6) is 1.84. The van der Waals surface area contributed by atoms with Crippen LogP contribution in [-0.4, -0.2) is 26.6 Å². The first-order valence-electron chi connectivity index (χ1n) is 5.80. The van der Waals surface area contributed by atoms with Crippen molar-refractivity contribution in [1.82, 2.24) is 19.5 Å². The van der Waals surface area contributed by atoms with E-state index in [1.165, 1.54) is 6.33 Å². The van der Waals surface area contributed by atoms with Crippen LogP contribution in [0.4, 0.5) is 5.82 Å². The van der Waals surface area contributed by atoms with Crippen molar-refractivity contribution in [3.05, 3.63) is 35.3 Å². The Balaban J connectivity index is 2.26. The number of aromatic nitrogens is 4. The number of imidazole rings is 1. The Morgan fingerprint density at radius 2 is 2.11 bits per heavy atom. The van der Waals surface area contributed by atoms with Crippen LogP contribution >= 0.6 is 11.6 Å². The summed E-state index contributed by atoms with van der Waals surface area (Å²) in [5, 5.41) is 0.522. The van der Waals surface area contributed by atoms with Crippen LogP contribution in [0.2, 0.25) is 5.15 Å². The minimum Gasteiger partial charge on any atom is -0.352 e. The van der Waals surface area contributed by atoms with Gasteiger partial charge in [0.15, 0.2) is 0 Å². The summed E-state index contributed by atoms with van der Waals surface area (Å²) in [6.45, 7) is 2.73. The average molecular weight is 266 g/mol. The molecule has 0 spiro atoms. The Bertz CT molecular complexity index is 537.